The number of fused-ring (bicyclic) bond motifs is 2. The van der Waals surface area contributed by atoms with Crippen LogP contribution in [0.2, 0.25) is 0 Å². The summed E-state index contributed by atoms with van der Waals surface area (Å²) in [6.07, 6.45) is 5.22. The Morgan fingerprint density at radius 2 is 2.24 bits per heavy atom. The first-order chi connectivity index (χ1) is 15.9. The summed E-state index contributed by atoms with van der Waals surface area (Å²) in [4.78, 5) is 15.2. The second-order valence-electron chi connectivity index (χ2n) is 8.80. The molecular weight excluding hydrogens is 484 g/mol. The number of hydrogen-bond acceptors (Lipinski definition) is 5. The van der Waals surface area contributed by atoms with E-state index in [-0.39, 0.29) is 24.4 Å². The molecule has 9 heteroatoms. The Balaban J connectivity index is 1.64. The lowest BCUT2D eigenvalue weighted by Gasteiger charge is -2.33. The van der Waals surface area contributed by atoms with Crippen molar-refractivity contribution < 1.29 is 9.53 Å². The minimum atomic E-state index is -0.445. The molecule has 8 nitrogen and oxygen atoms in total. The van der Waals surface area contributed by atoms with Crippen LogP contribution in [-0.4, -0.2) is 38.2 Å². The van der Waals surface area contributed by atoms with E-state index in [1.807, 2.05) is 40.8 Å². The number of hydrogen-bond donors (Lipinski definition) is 2. The van der Waals surface area contributed by atoms with Crippen LogP contribution in [0, 0.1) is 18.3 Å². The molecule has 3 aromatic rings. The Hall–Kier alpha value is -3.25. The number of rotatable bonds is 3. The van der Waals surface area contributed by atoms with Gasteiger partial charge in [0.25, 0.3) is 0 Å². The van der Waals surface area contributed by atoms with Crippen molar-refractivity contribution in [2.75, 3.05) is 6.54 Å². The maximum absolute atomic E-state index is 13.2. The van der Waals surface area contributed by atoms with Crippen LogP contribution in [0.3, 0.4) is 0 Å². The Morgan fingerprint density at radius 3 is 3.00 bits per heavy atom. The van der Waals surface area contributed by atoms with E-state index in [2.05, 4.69) is 39.1 Å². The molecular formula is C24H25BrN6O2. The van der Waals surface area contributed by atoms with E-state index in [4.69, 9.17) is 10.5 Å². The van der Waals surface area contributed by atoms with Crippen molar-refractivity contribution in [3.63, 3.8) is 0 Å². The smallest absolute Gasteiger partial charge is 0.244 e. The number of nitrogens with one attached hydrogen (secondary N) is 1. The molecule has 1 fully saturated rings. The monoisotopic (exact) mass is 508 g/mol. The standard InChI is InChI=1S/C24H25BrN6O2/c1-13-5-3-4-8-31(13)20(32)12-30-11-18(16-9-15(25)6-7-19(16)30)22-17(10-26)23(27)33-24-21(22)14(2)28-29-24/h6-7,9,11,13,22H,3-5,8,12,27H2,1-2H3,(H,28,29). The number of ether oxygens (including phenoxy) is 1. The van der Waals surface area contributed by atoms with Gasteiger partial charge in [-0.15, -0.1) is 5.10 Å². The largest absolute Gasteiger partial charge is 0.420 e. The minimum Gasteiger partial charge on any atom is -0.420 e. The van der Waals surface area contributed by atoms with Crippen molar-refractivity contribution in [1.82, 2.24) is 19.7 Å². The maximum atomic E-state index is 13.2. The summed E-state index contributed by atoms with van der Waals surface area (Å²) in [7, 11) is 0. The fraction of sp³-hybridized carbons (Fsp3) is 0.375. The zero-order valence-electron chi connectivity index (χ0n) is 18.6. The number of allylic oxidation sites excluding steroid dienone is 1. The summed E-state index contributed by atoms with van der Waals surface area (Å²) >= 11 is 3.57. The van der Waals surface area contributed by atoms with Gasteiger partial charge in [-0.3, -0.25) is 9.89 Å². The third-order valence-electron chi connectivity index (χ3n) is 6.74. The average molecular weight is 509 g/mol. The zero-order chi connectivity index (χ0) is 23.3. The number of carbonyl (C=O) groups excluding carboxylic acids is 1. The number of halogens is 1. The summed E-state index contributed by atoms with van der Waals surface area (Å²) in [6, 6.07) is 8.47. The Bertz CT molecular complexity index is 1330. The number of likely N-dealkylation sites (tertiary alicyclic amines) is 1. The molecule has 4 heterocycles. The van der Waals surface area contributed by atoms with Gasteiger partial charge in [-0.05, 0) is 56.9 Å². The molecule has 1 saturated heterocycles. The Kier molecular flexibility index (Phi) is 5.41. The molecule has 170 valence electrons. The number of aromatic nitrogens is 3. The van der Waals surface area contributed by atoms with E-state index >= 15 is 0 Å². The summed E-state index contributed by atoms with van der Waals surface area (Å²) in [6.45, 7) is 5.05. The van der Waals surface area contributed by atoms with E-state index in [0.717, 1.165) is 58.0 Å². The molecule has 2 atom stereocenters. The number of aromatic amines is 1. The highest BCUT2D eigenvalue weighted by Crippen LogP contribution is 2.45. The van der Waals surface area contributed by atoms with Crippen molar-refractivity contribution in [1.29, 1.82) is 5.26 Å². The number of amides is 1. The van der Waals surface area contributed by atoms with E-state index in [9.17, 15) is 10.1 Å². The van der Waals surface area contributed by atoms with Crippen LogP contribution >= 0.6 is 15.9 Å². The highest BCUT2D eigenvalue weighted by atomic mass is 79.9. The molecule has 1 amide bonds. The number of piperidine rings is 1. The van der Waals surface area contributed by atoms with Crippen LogP contribution < -0.4 is 10.5 Å². The summed E-state index contributed by atoms with van der Waals surface area (Å²) < 4.78 is 8.52. The van der Waals surface area contributed by atoms with E-state index in [1.165, 1.54) is 0 Å². The van der Waals surface area contributed by atoms with Gasteiger partial charge in [0.15, 0.2) is 0 Å². The highest BCUT2D eigenvalue weighted by Gasteiger charge is 2.36. The molecule has 0 saturated carbocycles. The van der Waals surface area contributed by atoms with E-state index in [0.29, 0.717) is 11.5 Å². The van der Waals surface area contributed by atoms with Gasteiger partial charge < -0.3 is 19.9 Å². The van der Waals surface area contributed by atoms with Crippen LogP contribution in [-0.2, 0) is 11.3 Å². The van der Waals surface area contributed by atoms with Gasteiger partial charge >= 0.3 is 0 Å². The van der Waals surface area contributed by atoms with Crippen molar-refractivity contribution in [2.24, 2.45) is 5.73 Å². The molecule has 0 radical (unpaired) electrons. The predicted octanol–water partition coefficient (Wildman–Crippen LogP) is 4.05. The molecule has 2 aliphatic heterocycles. The summed E-state index contributed by atoms with van der Waals surface area (Å²) in [5.74, 6) is 0.0922. The van der Waals surface area contributed by atoms with E-state index in [1.54, 1.807) is 0 Å². The SMILES string of the molecule is Cc1[nH]nc2c1C(c1cn(CC(=O)N3CCCCC3C)c3ccc(Br)cc13)C(C#N)=C(N)O2. The van der Waals surface area contributed by atoms with Crippen LogP contribution in [0.1, 0.15) is 48.9 Å². The molecule has 2 aliphatic rings. The van der Waals surface area contributed by atoms with Crippen molar-refractivity contribution in [2.45, 2.75) is 51.6 Å². The van der Waals surface area contributed by atoms with Crippen LogP contribution in [0.15, 0.2) is 40.3 Å². The first kappa shape index (κ1) is 21.6. The number of H-pyrrole nitrogens is 1. The van der Waals surface area contributed by atoms with Gasteiger partial charge in [0.1, 0.15) is 18.2 Å². The van der Waals surface area contributed by atoms with Crippen molar-refractivity contribution >= 4 is 32.7 Å². The highest BCUT2D eigenvalue weighted by molar-refractivity contribution is 9.10. The van der Waals surface area contributed by atoms with Gasteiger partial charge in [0, 0.05) is 45.4 Å². The molecule has 5 rings (SSSR count). The third-order valence-corrected chi connectivity index (χ3v) is 7.24. The quantitative estimate of drug-likeness (QED) is 0.553. The van der Waals surface area contributed by atoms with Crippen LogP contribution in [0.5, 0.6) is 5.88 Å². The molecule has 0 bridgehead atoms. The molecule has 0 spiro atoms. The lowest BCUT2D eigenvalue weighted by molar-refractivity contribution is -0.135. The number of carbonyl (C=O) groups is 1. The summed E-state index contributed by atoms with van der Waals surface area (Å²) in [5.41, 5.74) is 9.87. The first-order valence-corrected chi connectivity index (χ1v) is 11.9. The number of nitrogens with two attached hydrogens (primary N) is 1. The Morgan fingerprint density at radius 1 is 1.42 bits per heavy atom. The number of benzene rings is 1. The average Bonchev–Trinajstić information content (AvgIpc) is 3.33. The van der Waals surface area contributed by atoms with Crippen molar-refractivity contribution in [3.8, 4) is 11.9 Å². The minimum absolute atomic E-state index is 0.0515. The second kappa shape index (κ2) is 8.27. The Labute approximate surface area is 200 Å². The third kappa shape index (κ3) is 3.59. The molecule has 2 aromatic heterocycles. The van der Waals surface area contributed by atoms with Crippen LogP contribution in [0.25, 0.3) is 10.9 Å². The van der Waals surface area contributed by atoms with E-state index < -0.39 is 5.92 Å². The molecule has 3 N–H and O–H groups in total. The lowest BCUT2D eigenvalue weighted by atomic mass is 9.84. The van der Waals surface area contributed by atoms with Gasteiger partial charge in [0.05, 0.1) is 5.92 Å². The van der Waals surface area contributed by atoms with Gasteiger partial charge in [-0.2, -0.15) is 5.26 Å². The molecule has 2 unspecified atom stereocenters. The van der Waals surface area contributed by atoms with Gasteiger partial charge in [-0.25, -0.2) is 0 Å². The maximum Gasteiger partial charge on any atom is 0.244 e. The topological polar surface area (TPSA) is 113 Å². The normalized spacial score (nSPS) is 20.5. The number of nitrogens with zero attached hydrogens (tertiary/aromatic N) is 4. The second-order valence-corrected chi connectivity index (χ2v) is 9.71. The number of aryl methyl sites for hydroxylation is 1. The molecule has 33 heavy (non-hydrogen) atoms. The lowest BCUT2D eigenvalue weighted by Crippen LogP contribution is -2.43. The predicted molar refractivity (Wildman–Crippen MR) is 127 cm³/mol. The zero-order valence-corrected chi connectivity index (χ0v) is 20.1. The summed E-state index contributed by atoms with van der Waals surface area (Å²) in [5, 5.41) is 18.1. The number of nitriles is 1. The first-order valence-electron chi connectivity index (χ1n) is 11.1. The molecule has 0 aliphatic carbocycles. The van der Waals surface area contributed by atoms with Crippen LogP contribution in [0.4, 0.5) is 0 Å². The molecule has 1 aromatic carbocycles. The van der Waals surface area contributed by atoms with Gasteiger partial charge in [0.2, 0.25) is 17.7 Å². The fourth-order valence-electron chi connectivity index (χ4n) is 5.07. The van der Waals surface area contributed by atoms with Crippen molar-refractivity contribution in [3.05, 3.63) is 57.1 Å². The van der Waals surface area contributed by atoms with Gasteiger partial charge in [-0.1, -0.05) is 15.9 Å². The fourth-order valence-corrected chi connectivity index (χ4v) is 5.43.